The largest absolute Gasteiger partial charge is 0.513 e. The summed E-state index contributed by atoms with van der Waals surface area (Å²) in [6.07, 6.45) is -0.860. The number of fused-ring (bicyclic) bond motifs is 3. The van der Waals surface area contributed by atoms with Gasteiger partial charge in [0.05, 0.1) is 23.6 Å². The predicted molar refractivity (Wildman–Crippen MR) is 120 cm³/mol. The lowest BCUT2D eigenvalue weighted by atomic mass is 9.90. The number of pyridine rings is 1. The number of benzene rings is 2. The lowest BCUT2D eigenvalue weighted by Crippen LogP contribution is -2.16. The smallest absolute Gasteiger partial charge is 0.434 e. The molecule has 0 unspecified atom stereocenters. The average molecular weight is 426 g/mol. The van der Waals surface area contributed by atoms with Crippen molar-refractivity contribution < 1.29 is 19.1 Å². The molecule has 0 fully saturated rings. The predicted octanol–water partition coefficient (Wildman–Crippen LogP) is 5.62. The highest BCUT2D eigenvalue weighted by Crippen LogP contribution is 2.47. The van der Waals surface area contributed by atoms with Gasteiger partial charge in [0.25, 0.3) is 0 Å². The van der Waals surface area contributed by atoms with Gasteiger partial charge in [0.15, 0.2) is 11.5 Å². The van der Waals surface area contributed by atoms with E-state index in [9.17, 15) is 14.9 Å². The maximum Gasteiger partial charge on any atom is 0.513 e. The van der Waals surface area contributed by atoms with E-state index in [4.69, 9.17) is 9.47 Å². The molecule has 0 saturated heterocycles. The van der Waals surface area contributed by atoms with Gasteiger partial charge in [-0.3, -0.25) is 9.78 Å². The van der Waals surface area contributed by atoms with E-state index in [0.717, 1.165) is 11.1 Å². The first-order valence-corrected chi connectivity index (χ1v) is 10.4. The van der Waals surface area contributed by atoms with E-state index in [2.05, 4.69) is 11.1 Å². The summed E-state index contributed by atoms with van der Waals surface area (Å²) in [6, 6.07) is 14.9. The Morgan fingerprint density at radius 1 is 0.969 bits per heavy atom. The summed E-state index contributed by atoms with van der Waals surface area (Å²) in [5.74, 6) is 0.234. The number of nitriles is 1. The number of aromatic nitrogens is 1. The van der Waals surface area contributed by atoms with Gasteiger partial charge >= 0.3 is 6.16 Å². The van der Waals surface area contributed by atoms with Crippen LogP contribution in [0.2, 0.25) is 0 Å². The molecule has 3 aromatic rings. The number of rotatable bonds is 4. The zero-order valence-electron chi connectivity index (χ0n) is 18.4. The molecular weight excluding hydrogens is 404 g/mol. The molecule has 0 bridgehead atoms. The van der Waals surface area contributed by atoms with Gasteiger partial charge in [-0.05, 0) is 30.9 Å². The molecule has 4 rings (SSSR count). The maximum absolute atomic E-state index is 13.0. The average Bonchev–Trinajstić information content (AvgIpc) is 3.06. The molecule has 1 aliphatic rings. The SMILES string of the molecule is Cc1nc(C)c(OC(=O)OCC(C)C)c(-c2cccc3c2-c2ccccc2C3=O)c1C#N. The van der Waals surface area contributed by atoms with Crippen LogP contribution in [0.1, 0.15) is 46.7 Å². The van der Waals surface area contributed by atoms with Crippen LogP contribution in [-0.2, 0) is 4.74 Å². The van der Waals surface area contributed by atoms with E-state index in [-0.39, 0.29) is 29.6 Å². The van der Waals surface area contributed by atoms with Crippen molar-refractivity contribution in [3.63, 3.8) is 0 Å². The Kier molecular flexibility index (Phi) is 5.50. The van der Waals surface area contributed by atoms with Crippen molar-refractivity contribution in [2.45, 2.75) is 27.7 Å². The third-order valence-corrected chi connectivity index (χ3v) is 5.35. The zero-order chi connectivity index (χ0) is 23.0. The Morgan fingerprint density at radius 3 is 2.31 bits per heavy atom. The molecule has 6 nitrogen and oxygen atoms in total. The topological polar surface area (TPSA) is 89.3 Å². The highest BCUT2D eigenvalue weighted by atomic mass is 16.7. The maximum atomic E-state index is 13.0. The fraction of sp³-hybridized carbons (Fsp3) is 0.231. The van der Waals surface area contributed by atoms with E-state index in [1.165, 1.54) is 0 Å². The van der Waals surface area contributed by atoms with Gasteiger partial charge in [-0.2, -0.15) is 5.26 Å². The van der Waals surface area contributed by atoms with Crippen molar-refractivity contribution in [2.75, 3.05) is 6.61 Å². The normalized spacial score (nSPS) is 11.7. The lowest BCUT2D eigenvalue weighted by Gasteiger charge is -2.18. The first-order valence-electron chi connectivity index (χ1n) is 10.4. The lowest BCUT2D eigenvalue weighted by molar-refractivity contribution is 0.0883. The Bertz CT molecular complexity index is 1300. The van der Waals surface area contributed by atoms with Crippen LogP contribution in [-0.4, -0.2) is 23.5 Å². The van der Waals surface area contributed by atoms with E-state index in [1.807, 2.05) is 38.1 Å². The van der Waals surface area contributed by atoms with Crippen LogP contribution in [0.25, 0.3) is 22.3 Å². The summed E-state index contributed by atoms with van der Waals surface area (Å²) >= 11 is 0. The molecule has 0 spiro atoms. The second kappa shape index (κ2) is 8.27. The van der Waals surface area contributed by atoms with Crippen LogP contribution in [0.3, 0.4) is 0 Å². The highest BCUT2D eigenvalue weighted by molar-refractivity contribution is 6.24. The number of carbonyl (C=O) groups excluding carboxylic acids is 2. The van der Waals surface area contributed by atoms with Crippen molar-refractivity contribution in [1.82, 2.24) is 4.98 Å². The van der Waals surface area contributed by atoms with Crippen molar-refractivity contribution >= 4 is 11.9 Å². The number of hydrogen-bond acceptors (Lipinski definition) is 6. The number of aryl methyl sites for hydroxylation is 2. The van der Waals surface area contributed by atoms with E-state index < -0.39 is 6.16 Å². The summed E-state index contributed by atoms with van der Waals surface area (Å²) in [6.45, 7) is 7.50. The molecule has 0 N–H and O–H groups in total. The van der Waals surface area contributed by atoms with Crippen LogP contribution in [0, 0.1) is 31.1 Å². The van der Waals surface area contributed by atoms with Gasteiger partial charge in [0.2, 0.25) is 0 Å². The Hall–Kier alpha value is -3.98. The molecule has 1 aromatic heterocycles. The summed E-state index contributed by atoms with van der Waals surface area (Å²) in [7, 11) is 0. The Morgan fingerprint density at radius 2 is 1.62 bits per heavy atom. The second-order valence-corrected chi connectivity index (χ2v) is 8.13. The Balaban J connectivity index is 1.96. The van der Waals surface area contributed by atoms with Crippen molar-refractivity contribution in [1.29, 1.82) is 5.26 Å². The zero-order valence-corrected chi connectivity index (χ0v) is 18.4. The molecule has 0 amide bonds. The van der Waals surface area contributed by atoms with Gasteiger partial charge in [0, 0.05) is 22.3 Å². The van der Waals surface area contributed by atoms with Crippen molar-refractivity contribution in [2.24, 2.45) is 5.92 Å². The molecule has 1 aliphatic carbocycles. The fourth-order valence-corrected chi connectivity index (χ4v) is 3.98. The van der Waals surface area contributed by atoms with Gasteiger partial charge in [-0.15, -0.1) is 0 Å². The first kappa shape index (κ1) is 21.3. The fourth-order valence-electron chi connectivity index (χ4n) is 3.98. The Labute approximate surface area is 186 Å². The number of nitrogens with zero attached hydrogens (tertiary/aromatic N) is 2. The second-order valence-electron chi connectivity index (χ2n) is 8.13. The molecule has 6 heteroatoms. The van der Waals surface area contributed by atoms with Crippen LogP contribution in [0.15, 0.2) is 42.5 Å². The molecule has 160 valence electrons. The minimum atomic E-state index is -0.860. The van der Waals surface area contributed by atoms with Crippen molar-refractivity contribution in [3.05, 3.63) is 70.5 Å². The molecule has 2 aromatic carbocycles. The summed E-state index contributed by atoms with van der Waals surface area (Å²) in [4.78, 5) is 29.8. The number of hydrogen-bond donors (Lipinski definition) is 0. The molecule has 1 heterocycles. The third kappa shape index (κ3) is 3.52. The van der Waals surface area contributed by atoms with Crippen LogP contribution >= 0.6 is 0 Å². The number of ketones is 1. The molecule has 0 saturated carbocycles. The van der Waals surface area contributed by atoms with Gasteiger partial charge < -0.3 is 9.47 Å². The van der Waals surface area contributed by atoms with Crippen LogP contribution in [0.5, 0.6) is 5.75 Å². The highest BCUT2D eigenvalue weighted by Gasteiger charge is 2.31. The molecular formula is C26H22N2O4. The molecule has 0 aliphatic heterocycles. The van der Waals surface area contributed by atoms with Crippen molar-refractivity contribution in [3.8, 4) is 34.1 Å². The van der Waals surface area contributed by atoms with Gasteiger partial charge in [0.1, 0.15) is 6.07 Å². The number of carbonyl (C=O) groups is 2. The quantitative estimate of drug-likeness (QED) is 0.394. The summed E-state index contributed by atoms with van der Waals surface area (Å²) < 4.78 is 10.8. The monoisotopic (exact) mass is 426 g/mol. The minimum absolute atomic E-state index is 0.0720. The molecule has 0 radical (unpaired) electrons. The molecule has 0 atom stereocenters. The summed E-state index contributed by atoms with van der Waals surface area (Å²) in [5, 5.41) is 9.95. The van der Waals surface area contributed by atoms with E-state index >= 15 is 0 Å². The van der Waals surface area contributed by atoms with E-state index in [0.29, 0.717) is 33.6 Å². The summed E-state index contributed by atoms with van der Waals surface area (Å²) in [5.41, 5.74) is 4.97. The van der Waals surface area contributed by atoms with E-state index in [1.54, 1.807) is 32.0 Å². The molecule has 32 heavy (non-hydrogen) atoms. The van der Waals surface area contributed by atoms with Crippen LogP contribution in [0.4, 0.5) is 4.79 Å². The first-order chi connectivity index (χ1) is 15.3. The van der Waals surface area contributed by atoms with Crippen LogP contribution < -0.4 is 4.74 Å². The van der Waals surface area contributed by atoms with Gasteiger partial charge in [-0.1, -0.05) is 56.3 Å². The number of ether oxygens (including phenoxy) is 2. The minimum Gasteiger partial charge on any atom is -0.434 e. The van der Waals surface area contributed by atoms with Gasteiger partial charge in [-0.25, -0.2) is 4.79 Å². The standard InChI is InChI=1S/C26H22N2O4/c1-14(2)13-31-26(30)32-25-16(4)28-15(3)21(12-27)23(25)19-10-7-11-20-22(19)17-8-5-6-9-18(17)24(20)29/h5-11,14H,13H2,1-4H3. The third-order valence-electron chi connectivity index (χ3n) is 5.35.